The van der Waals surface area contributed by atoms with Gasteiger partial charge < -0.3 is 19.5 Å². The first-order chi connectivity index (χ1) is 11.1. The van der Waals surface area contributed by atoms with E-state index in [1.807, 2.05) is 0 Å². The lowest BCUT2D eigenvalue weighted by Gasteiger charge is -2.15. The van der Waals surface area contributed by atoms with Crippen molar-refractivity contribution >= 4 is 16.9 Å². The summed E-state index contributed by atoms with van der Waals surface area (Å²) >= 11 is 0. The van der Waals surface area contributed by atoms with Crippen LogP contribution in [0.15, 0.2) is 39.7 Å². The van der Waals surface area contributed by atoms with Crippen LogP contribution in [0, 0.1) is 0 Å². The van der Waals surface area contributed by atoms with Crippen LogP contribution in [0.5, 0.6) is 5.75 Å². The minimum atomic E-state index is -0.175. The standard InChI is InChI=1S/C16H15N3O4/c20-12-2-1-3-13-15(12)10(8-23-13)16(22)19-5-4-9(7-19)11-6-14(21)18-17-11/h1-3,6,8-9,20H,4-5,7H2,(H2,17,18,21). The van der Waals surface area contributed by atoms with Crippen LogP contribution in [0.3, 0.4) is 0 Å². The second-order valence-corrected chi connectivity index (χ2v) is 5.75. The van der Waals surface area contributed by atoms with Crippen molar-refractivity contribution in [2.24, 2.45) is 0 Å². The molecule has 1 saturated heterocycles. The Morgan fingerprint density at radius 1 is 1.35 bits per heavy atom. The van der Waals surface area contributed by atoms with Crippen molar-refractivity contribution < 1.29 is 14.3 Å². The number of aromatic nitrogens is 2. The molecule has 1 unspecified atom stereocenters. The monoisotopic (exact) mass is 313 g/mol. The average molecular weight is 313 g/mol. The number of H-pyrrole nitrogens is 2. The molecular formula is C16H15N3O4. The Labute approximate surface area is 130 Å². The molecule has 0 bridgehead atoms. The van der Waals surface area contributed by atoms with E-state index in [0.717, 1.165) is 12.1 Å². The van der Waals surface area contributed by atoms with E-state index in [1.165, 1.54) is 18.4 Å². The number of rotatable bonds is 2. The maximum Gasteiger partial charge on any atom is 0.264 e. The van der Waals surface area contributed by atoms with Gasteiger partial charge in [-0.15, -0.1) is 0 Å². The molecule has 0 saturated carbocycles. The number of aromatic hydroxyl groups is 1. The number of carbonyl (C=O) groups is 1. The number of aromatic amines is 2. The summed E-state index contributed by atoms with van der Waals surface area (Å²) in [5.74, 6) is -0.0411. The van der Waals surface area contributed by atoms with Crippen LogP contribution < -0.4 is 5.56 Å². The first-order valence-electron chi connectivity index (χ1n) is 7.39. The van der Waals surface area contributed by atoms with Gasteiger partial charge in [0, 0.05) is 30.8 Å². The highest BCUT2D eigenvalue weighted by molar-refractivity contribution is 6.08. The number of furan rings is 1. The summed E-state index contributed by atoms with van der Waals surface area (Å²) in [4.78, 5) is 25.7. The average Bonchev–Trinajstić information content (AvgIpc) is 3.25. The van der Waals surface area contributed by atoms with Gasteiger partial charge in [0.2, 0.25) is 0 Å². The van der Waals surface area contributed by atoms with Crippen molar-refractivity contribution in [2.75, 3.05) is 13.1 Å². The van der Waals surface area contributed by atoms with E-state index in [9.17, 15) is 14.7 Å². The molecule has 1 aliphatic heterocycles. The number of likely N-dealkylation sites (tertiary alicyclic amines) is 1. The Morgan fingerprint density at radius 2 is 2.22 bits per heavy atom. The van der Waals surface area contributed by atoms with Crippen molar-refractivity contribution in [3.05, 3.63) is 52.1 Å². The van der Waals surface area contributed by atoms with Gasteiger partial charge in [0.15, 0.2) is 0 Å². The number of phenols is 1. The third-order valence-electron chi connectivity index (χ3n) is 4.34. The molecule has 1 atom stereocenters. The van der Waals surface area contributed by atoms with Gasteiger partial charge in [-0.2, -0.15) is 0 Å². The predicted molar refractivity (Wildman–Crippen MR) is 82.6 cm³/mol. The van der Waals surface area contributed by atoms with E-state index < -0.39 is 0 Å². The molecule has 3 heterocycles. The largest absolute Gasteiger partial charge is 0.507 e. The van der Waals surface area contributed by atoms with E-state index in [1.54, 1.807) is 17.0 Å². The molecule has 1 aliphatic rings. The smallest absolute Gasteiger partial charge is 0.264 e. The van der Waals surface area contributed by atoms with Crippen molar-refractivity contribution in [1.82, 2.24) is 15.1 Å². The molecule has 7 nitrogen and oxygen atoms in total. The summed E-state index contributed by atoms with van der Waals surface area (Å²) in [6, 6.07) is 6.44. The summed E-state index contributed by atoms with van der Waals surface area (Å²) in [5, 5.41) is 15.8. The molecule has 4 rings (SSSR count). The molecule has 1 aromatic carbocycles. The van der Waals surface area contributed by atoms with Gasteiger partial charge in [-0.3, -0.25) is 14.7 Å². The quantitative estimate of drug-likeness (QED) is 0.671. The third-order valence-corrected chi connectivity index (χ3v) is 4.34. The predicted octanol–water partition coefficient (Wildman–Crippen LogP) is 1.78. The number of hydrogen-bond acceptors (Lipinski definition) is 4. The fraction of sp³-hybridized carbons (Fsp3) is 0.250. The topological polar surface area (TPSA) is 102 Å². The Bertz CT molecular complexity index is 936. The molecule has 23 heavy (non-hydrogen) atoms. The summed E-state index contributed by atoms with van der Waals surface area (Å²) in [6.07, 6.45) is 2.17. The summed E-state index contributed by atoms with van der Waals surface area (Å²) in [5.41, 5.74) is 1.49. The first kappa shape index (κ1) is 13.7. The van der Waals surface area contributed by atoms with Gasteiger partial charge in [0.25, 0.3) is 11.5 Å². The molecule has 7 heteroatoms. The summed E-state index contributed by atoms with van der Waals surface area (Å²) in [7, 11) is 0. The van der Waals surface area contributed by atoms with Crippen LogP contribution >= 0.6 is 0 Å². The van der Waals surface area contributed by atoms with Gasteiger partial charge in [-0.1, -0.05) is 6.07 Å². The zero-order chi connectivity index (χ0) is 16.0. The highest BCUT2D eigenvalue weighted by Crippen LogP contribution is 2.32. The van der Waals surface area contributed by atoms with Crippen LogP contribution in [-0.2, 0) is 0 Å². The molecule has 0 radical (unpaired) electrons. The molecule has 0 spiro atoms. The fourth-order valence-corrected chi connectivity index (χ4v) is 3.16. The van der Waals surface area contributed by atoms with Crippen molar-refractivity contribution in [3.63, 3.8) is 0 Å². The number of nitrogens with one attached hydrogen (secondary N) is 2. The number of benzene rings is 1. The van der Waals surface area contributed by atoms with Crippen molar-refractivity contribution in [3.8, 4) is 5.75 Å². The molecular weight excluding hydrogens is 298 g/mol. The Kier molecular flexibility index (Phi) is 3.00. The number of amides is 1. The van der Waals surface area contributed by atoms with Gasteiger partial charge in [0.05, 0.1) is 10.9 Å². The minimum Gasteiger partial charge on any atom is -0.507 e. The van der Waals surface area contributed by atoms with E-state index in [2.05, 4.69) is 10.2 Å². The number of phenolic OH excluding ortho intramolecular Hbond substituents is 1. The molecule has 1 amide bonds. The zero-order valence-corrected chi connectivity index (χ0v) is 12.2. The molecule has 1 fully saturated rings. The lowest BCUT2D eigenvalue weighted by Crippen LogP contribution is -2.28. The molecule has 0 aliphatic carbocycles. The summed E-state index contributed by atoms with van der Waals surface area (Å²) < 4.78 is 5.37. The SMILES string of the molecule is O=C(c1coc2cccc(O)c12)N1CCC(c2cc(=O)[nH][nH]2)C1. The van der Waals surface area contributed by atoms with Gasteiger partial charge in [0.1, 0.15) is 17.6 Å². The molecule has 2 aromatic heterocycles. The molecule has 3 N–H and O–H groups in total. The normalized spacial score (nSPS) is 17.9. The Balaban J connectivity index is 1.61. The zero-order valence-electron chi connectivity index (χ0n) is 12.2. The van der Waals surface area contributed by atoms with Crippen LogP contribution in [0.4, 0.5) is 0 Å². The van der Waals surface area contributed by atoms with Crippen molar-refractivity contribution in [1.29, 1.82) is 0 Å². The number of nitrogens with zero attached hydrogens (tertiary/aromatic N) is 1. The second kappa shape index (κ2) is 5.05. The van der Waals surface area contributed by atoms with Gasteiger partial charge >= 0.3 is 0 Å². The highest BCUT2D eigenvalue weighted by Gasteiger charge is 2.30. The van der Waals surface area contributed by atoms with Crippen LogP contribution in [-0.4, -0.2) is 39.2 Å². The van der Waals surface area contributed by atoms with E-state index in [4.69, 9.17) is 4.42 Å². The Hall–Kier alpha value is -2.96. The van der Waals surface area contributed by atoms with Crippen molar-refractivity contribution in [2.45, 2.75) is 12.3 Å². The van der Waals surface area contributed by atoms with Gasteiger partial charge in [-0.05, 0) is 18.6 Å². The number of fused-ring (bicyclic) bond motifs is 1. The van der Waals surface area contributed by atoms with Crippen LogP contribution in [0.25, 0.3) is 11.0 Å². The summed E-state index contributed by atoms with van der Waals surface area (Å²) in [6.45, 7) is 1.11. The van der Waals surface area contributed by atoms with Crippen LogP contribution in [0.1, 0.15) is 28.4 Å². The molecule has 3 aromatic rings. The lowest BCUT2D eigenvalue weighted by atomic mass is 10.1. The maximum atomic E-state index is 12.7. The molecule has 118 valence electrons. The van der Waals surface area contributed by atoms with E-state index >= 15 is 0 Å². The third kappa shape index (κ3) is 2.21. The minimum absolute atomic E-state index is 0.0327. The second-order valence-electron chi connectivity index (χ2n) is 5.75. The number of hydrogen-bond donors (Lipinski definition) is 3. The van der Waals surface area contributed by atoms with Gasteiger partial charge in [-0.25, -0.2) is 0 Å². The first-order valence-corrected chi connectivity index (χ1v) is 7.39. The van der Waals surface area contributed by atoms with E-state index in [0.29, 0.717) is 29.6 Å². The van der Waals surface area contributed by atoms with E-state index in [-0.39, 0.29) is 23.1 Å². The van der Waals surface area contributed by atoms with Crippen LogP contribution in [0.2, 0.25) is 0 Å². The highest BCUT2D eigenvalue weighted by atomic mass is 16.3. The lowest BCUT2D eigenvalue weighted by molar-refractivity contribution is 0.0791. The Morgan fingerprint density at radius 3 is 3.00 bits per heavy atom. The maximum absolute atomic E-state index is 12.7. The number of carbonyl (C=O) groups excluding carboxylic acids is 1. The fourth-order valence-electron chi connectivity index (χ4n) is 3.16.